The lowest BCUT2D eigenvalue weighted by molar-refractivity contribution is -0.144. The van der Waals surface area contributed by atoms with Gasteiger partial charge < -0.3 is 10.6 Å². The molecular formula is C15H29ClN2O. The number of piperidine rings is 1. The average molecular weight is 289 g/mol. The summed E-state index contributed by atoms with van der Waals surface area (Å²) in [6.07, 6.45) is 7.82. The summed E-state index contributed by atoms with van der Waals surface area (Å²) in [6.45, 7) is 6.16. The molecule has 0 radical (unpaired) electrons. The van der Waals surface area contributed by atoms with Gasteiger partial charge in [-0.05, 0) is 38.0 Å². The monoisotopic (exact) mass is 288 g/mol. The maximum atomic E-state index is 12.9. The Kier molecular flexibility index (Phi) is 6.13. The van der Waals surface area contributed by atoms with Crippen molar-refractivity contribution in [1.29, 1.82) is 0 Å². The highest BCUT2D eigenvalue weighted by atomic mass is 35.5. The Balaban J connectivity index is 0.00000180. The predicted molar refractivity (Wildman–Crippen MR) is 81.4 cm³/mol. The van der Waals surface area contributed by atoms with Crippen molar-refractivity contribution in [2.24, 2.45) is 17.1 Å². The summed E-state index contributed by atoms with van der Waals surface area (Å²) in [4.78, 5) is 14.9. The zero-order valence-corrected chi connectivity index (χ0v) is 13.2. The van der Waals surface area contributed by atoms with Crippen LogP contribution in [-0.2, 0) is 4.79 Å². The molecule has 1 amide bonds. The minimum Gasteiger partial charge on any atom is -0.341 e. The standard InChI is InChI=1S/C15H28N2O.ClH/c1-12(2)10-15(7-3-4-8-15)14(18)17-9-5-6-13(16)11-17;/h12-13H,3-11,16H2,1-2H3;1H/t13-;/m1./s1. The highest BCUT2D eigenvalue weighted by Crippen LogP contribution is 2.44. The van der Waals surface area contributed by atoms with Crippen LogP contribution in [0.4, 0.5) is 0 Å². The first-order valence-electron chi connectivity index (χ1n) is 7.58. The molecule has 3 nitrogen and oxygen atoms in total. The Hall–Kier alpha value is -0.280. The Morgan fingerprint density at radius 3 is 2.47 bits per heavy atom. The first kappa shape index (κ1) is 16.8. The molecule has 112 valence electrons. The van der Waals surface area contributed by atoms with Crippen LogP contribution in [0.5, 0.6) is 0 Å². The predicted octanol–water partition coefficient (Wildman–Crippen LogP) is 2.96. The molecular weight excluding hydrogens is 260 g/mol. The van der Waals surface area contributed by atoms with Crippen LogP contribution in [-0.4, -0.2) is 29.9 Å². The van der Waals surface area contributed by atoms with Crippen LogP contribution in [0.3, 0.4) is 0 Å². The quantitative estimate of drug-likeness (QED) is 0.868. The Morgan fingerprint density at radius 2 is 1.95 bits per heavy atom. The van der Waals surface area contributed by atoms with E-state index in [1.54, 1.807) is 0 Å². The van der Waals surface area contributed by atoms with Gasteiger partial charge in [0.05, 0.1) is 0 Å². The fourth-order valence-electron chi connectivity index (χ4n) is 3.87. The molecule has 0 aromatic heterocycles. The van der Waals surface area contributed by atoms with E-state index >= 15 is 0 Å². The van der Waals surface area contributed by atoms with E-state index in [9.17, 15) is 4.79 Å². The SMILES string of the molecule is CC(C)CC1(C(=O)N2CCC[C@@H](N)C2)CCCC1.Cl. The van der Waals surface area contributed by atoms with Crippen molar-refractivity contribution >= 4 is 18.3 Å². The van der Waals surface area contributed by atoms with Crippen molar-refractivity contribution in [1.82, 2.24) is 4.90 Å². The van der Waals surface area contributed by atoms with Crippen molar-refractivity contribution in [2.45, 2.75) is 64.8 Å². The molecule has 1 aliphatic carbocycles. The maximum absolute atomic E-state index is 12.9. The normalized spacial score (nSPS) is 26.3. The van der Waals surface area contributed by atoms with Crippen LogP contribution < -0.4 is 5.73 Å². The Bertz CT molecular complexity index is 301. The maximum Gasteiger partial charge on any atom is 0.228 e. The number of carbonyl (C=O) groups excluding carboxylic acids is 1. The van der Waals surface area contributed by atoms with Gasteiger partial charge in [0.25, 0.3) is 0 Å². The fraction of sp³-hybridized carbons (Fsp3) is 0.933. The molecule has 0 aromatic rings. The summed E-state index contributed by atoms with van der Waals surface area (Å²) in [5.74, 6) is 1.01. The summed E-state index contributed by atoms with van der Waals surface area (Å²) in [5, 5.41) is 0. The van der Waals surface area contributed by atoms with Crippen molar-refractivity contribution in [3.05, 3.63) is 0 Å². The van der Waals surface area contributed by atoms with Crippen molar-refractivity contribution < 1.29 is 4.79 Å². The molecule has 1 saturated heterocycles. The molecule has 1 saturated carbocycles. The van der Waals surface area contributed by atoms with Gasteiger partial charge >= 0.3 is 0 Å². The molecule has 2 rings (SSSR count). The largest absolute Gasteiger partial charge is 0.341 e. The van der Waals surface area contributed by atoms with Gasteiger partial charge in [-0.15, -0.1) is 12.4 Å². The lowest BCUT2D eigenvalue weighted by atomic mass is 9.77. The Morgan fingerprint density at radius 1 is 1.32 bits per heavy atom. The molecule has 0 spiro atoms. The number of halogens is 1. The van der Waals surface area contributed by atoms with Gasteiger partial charge in [0.1, 0.15) is 0 Å². The van der Waals surface area contributed by atoms with E-state index in [4.69, 9.17) is 5.73 Å². The minimum atomic E-state index is -0.0504. The number of hydrogen-bond donors (Lipinski definition) is 1. The van der Waals surface area contributed by atoms with Crippen LogP contribution in [0.15, 0.2) is 0 Å². The number of hydrogen-bond acceptors (Lipinski definition) is 2. The number of likely N-dealkylation sites (tertiary alicyclic amines) is 1. The van der Waals surface area contributed by atoms with Crippen molar-refractivity contribution in [2.75, 3.05) is 13.1 Å². The van der Waals surface area contributed by atoms with E-state index in [1.807, 2.05) is 0 Å². The van der Waals surface area contributed by atoms with E-state index in [0.29, 0.717) is 11.8 Å². The smallest absolute Gasteiger partial charge is 0.228 e. The minimum absolute atomic E-state index is 0. The lowest BCUT2D eigenvalue weighted by Gasteiger charge is -2.39. The molecule has 0 bridgehead atoms. The summed E-state index contributed by atoms with van der Waals surface area (Å²) >= 11 is 0. The third kappa shape index (κ3) is 3.85. The first-order chi connectivity index (χ1) is 8.53. The number of nitrogens with zero attached hydrogens (tertiary/aromatic N) is 1. The second kappa shape index (κ2) is 6.94. The van der Waals surface area contributed by atoms with Crippen LogP contribution in [0.1, 0.15) is 58.8 Å². The van der Waals surface area contributed by atoms with E-state index in [-0.39, 0.29) is 23.9 Å². The summed E-state index contributed by atoms with van der Waals surface area (Å²) in [5.41, 5.74) is 5.96. The molecule has 2 N–H and O–H groups in total. The van der Waals surface area contributed by atoms with Gasteiger partial charge in [0.15, 0.2) is 0 Å². The lowest BCUT2D eigenvalue weighted by Crippen LogP contribution is -2.51. The van der Waals surface area contributed by atoms with Gasteiger partial charge in [-0.1, -0.05) is 26.7 Å². The fourth-order valence-corrected chi connectivity index (χ4v) is 3.87. The first-order valence-corrected chi connectivity index (χ1v) is 7.58. The van der Waals surface area contributed by atoms with Crippen LogP contribution in [0.2, 0.25) is 0 Å². The number of carbonyl (C=O) groups is 1. The molecule has 19 heavy (non-hydrogen) atoms. The van der Waals surface area contributed by atoms with Crippen molar-refractivity contribution in [3.63, 3.8) is 0 Å². The van der Waals surface area contributed by atoms with Crippen LogP contribution in [0.25, 0.3) is 0 Å². The van der Waals surface area contributed by atoms with Crippen LogP contribution >= 0.6 is 12.4 Å². The summed E-state index contributed by atoms with van der Waals surface area (Å²) < 4.78 is 0. The highest BCUT2D eigenvalue weighted by Gasteiger charge is 2.44. The van der Waals surface area contributed by atoms with Gasteiger partial charge in [0, 0.05) is 24.5 Å². The zero-order chi connectivity index (χ0) is 13.2. The Labute approximate surface area is 123 Å². The molecule has 1 aliphatic heterocycles. The number of nitrogens with two attached hydrogens (primary N) is 1. The van der Waals surface area contributed by atoms with Gasteiger partial charge in [-0.25, -0.2) is 0 Å². The second-order valence-electron chi connectivity index (χ2n) is 6.74. The molecule has 0 aromatic carbocycles. The van der Waals surface area contributed by atoms with Crippen molar-refractivity contribution in [3.8, 4) is 0 Å². The van der Waals surface area contributed by atoms with E-state index in [2.05, 4.69) is 18.7 Å². The molecule has 2 fully saturated rings. The molecule has 0 unspecified atom stereocenters. The molecule has 1 heterocycles. The summed E-state index contributed by atoms with van der Waals surface area (Å²) in [7, 11) is 0. The van der Waals surface area contributed by atoms with Gasteiger partial charge in [-0.3, -0.25) is 4.79 Å². The van der Waals surface area contributed by atoms with Gasteiger partial charge in [-0.2, -0.15) is 0 Å². The topological polar surface area (TPSA) is 46.3 Å². The van der Waals surface area contributed by atoms with Crippen LogP contribution in [0, 0.1) is 11.3 Å². The van der Waals surface area contributed by atoms with E-state index < -0.39 is 0 Å². The third-order valence-electron chi connectivity index (χ3n) is 4.56. The molecule has 1 atom stereocenters. The second-order valence-corrected chi connectivity index (χ2v) is 6.74. The third-order valence-corrected chi connectivity index (χ3v) is 4.56. The highest BCUT2D eigenvalue weighted by molar-refractivity contribution is 5.85. The zero-order valence-electron chi connectivity index (χ0n) is 12.4. The van der Waals surface area contributed by atoms with E-state index in [0.717, 1.165) is 45.2 Å². The van der Waals surface area contributed by atoms with Gasteiger partial charge in [0.2, 0.25) is 5.91 Å². The average Bonchev–Trinajstić information content (AvgIpc) is 2.77. The number of rotatable bonds is 3. The number of amides is 1. The molecule has 2 aliphatic rings. The summed E-state index contributed by atoms with van der Waals surface area (Å²) in [6, 6.07) is 0.195. The van der Waals surface area contributed by atoms with E-state index in [1.165, 1.54) is 12.8 Å². The molecule has 4 heteroatoms.